The second-order valence-electron chi connectivity index (χ2n) is 3.84. The van der Waals surface area contributed by atoms with Gasteiger partial charge in [-0.05, 0) is 30.7 Å². The van der Waals surface area contributed by atoms with E-state index in [2.05, 4.69) is 17.2 Å². The molecule has 1 aromatic heterocycles. The van der Waals surface area contributed by atoms with Crippen molar-refractivity contribution in [2.24, 2.45) is 0 Å². The summed E-state index contributed by atoms with van der Waals surface area (Å²) in [5, 5.41) is 4.06. The van der Waals surface area contributed by atoms with Gasteiger partial charge in [-0.2, -0.15) is 0 Å². The lowest BCUT2D eigenvalue weighted by atomic mass is 10.4. The molecule has 0 bridgehead atoms. The average molecular weight is 279 g/mol. The zero-order valence-corrected chi connectivity index (χ0v) is 11.8. The molecule has 2 rings (SSSR count). The molecule has 1 aromatic carbocycles. The van der Waals surface area contributed by atoms with Gasteiger partial charge in [0.1, 0.15) is 5.82 Å². The Morgan fingerprint density at radius 3 is 2.89 bits per heavy atom. The molecule has 2 nitrogen and oxygen atoms in total. The van der Waals surface area contributed by atoms with Crippen LogP contribution in [0.25, 0.3) is 0 Å². The quantitative estimate of drug-likeness (QED) is 0.857. The predicted octanol–water partition coefficient (Wildman–Crippen LogP) is 4.71. The first-order valence-corrected chi connectivity index (χ1v) is 7.11. The van der Waals surface area contributed by atoms with Crippen molar-refractivity contribution in [2.45, 2.75) is 23.1 Å². The van der Waals surface area contributed by atoms with Gasteiger partial charge in [0.25, 0.3) is 0 Å². The van der Waals surface area contributed by atoms with Crippen molar-refractivity contribution in [3.8, 4) is 0 Å². The van der Waals surface area contributed by atoms with Gasteiger partial charge in [-0.15, -0.1) is 0 Å². The maximum absolute atomic E-state index is 6.15. The SMILES string of the molecule is CCCNc1cc(Sc2ccccc2Cl)ccn1. The van der Waals surface area contributed by atoms with Crippen LogP contribution in [0.3, 0.4) is 0 Å². The van der Waals surface area contributed by atoms with Gasteiger partial charge in [-0.25, -0.2) is 4.98 Å². The number of rotatable bonds is 5. The van der Waals surface area contributed by atoms with E-state index in [0.29, 0.717) is 0 Å². The van der Waals surface area contributed by atoms with Crippen LogP contribution in [0.15, 0.2) is 52.4 Å². The Hall–Kier alpha value is -1.19. The summed E-state index contributed by atoms with van der Waals surface area (Å²) in [5.41, 5.74) is 0. The third-order valence-electron chi connectivity index (χ3n) is 2.35. The number of hydrogen-bond acceptors (Lipinski definition) is 3. The molecule has 0 aliphatic rings. The van der Waals surface area contributed by atoms with Crippen molar-refractivity contribution in [1.82, 2.24) is 4.98 Å². The van der Waals surface area contributed by atoms with Crippen LogP contribution in [0.4, 0.5) is 5.82 Å². The van der Waals surface area contributed by atoms with E-state index < -0.39 is 0 Å². The minimum Gasteiger partial charge on any atom is -0.370 e. The fourth-order valence-corrected chi connectivity index (χ4v) is 2.60. The number of nitrogens with one attached hydrogen (secondary N) is 1. The zero-order chi connectivity index (χ0) is 12.8. The van der Waals surface area contributed by atoms with Crippen LogP contribution in [0.2, 0.25) is 5.02 Å². The summed E-state index contributed by atoms with van der Waals surface area (Å²) in [7, 11) is 0. The molecule has 0 aliphatic heterocycles. The molecule has 1 heterocycles. The molecule has 2 aromatic rings. The van der Waals surface area contributed by atoms with Crippen molar-refractivity contribution in [1.29, 1.82) is 0 Å². The third kappa shape index (κ3) is 3.65. The molecule has 1 N–H and O–H groups in total. The zero-order valence-electron chi connectivity index (χ0n) is 10.2. The molecular weight excluding hydrogens is 264 g/mol. The third-order valence-corrected chi connectivity index (χ3v) is 3.86. The fourth-order valence-electron chi connectivity index (χ4n) is 1.48. The normalized spacial score (nSPS) is 10.3. The van der Waals surface area contributed by atoms with Crippen molar-refractivity contribution in [2.75, 3.05) is 11.9 Å². The number of hydrogen-bond donors (Lipinski definition) is 1. The summed E-state index contributed by atoms with van der Waals surface area (Å²) in [4.78, 5) is 6.48. The predicted molar refractivity (Wildman–Crippen MR) is 78.6 cm³/mol. The van der Waals surface area contributed by atoms with Crippen LogP contribution in [-0.2, 0) is 0 Å². The van der Waals surface area contributed by atoms with E-state index in [1.54, 1.807) is 11.8 Å². The van der Waals surface area contributed by atoms with E-state index >= 15 is 0 Å². The number of halogens is 1. The minimum absolute atomic E-state index is 0.780. The molecule has 0 saturated heterocycles. The lowest BCUT2D eigenvalue weighted by Gasteiger charge is -2.07. The fraction of sp³-hybridized carbons (Fsp3) is 0.214. The smallest absolute Gasteiger partial charge is 0.127 e. The van der Waals surface area contributed by atoms with Gasteiger partial charge in [-0.3, -0.25) is 0 Å². The summed E-state index contributed by atoms with van der Waals surface area (Å²) in [6.45, 7) is 3.07. The lowest BCUT2D eigenvalue weighted by Crippen LogP contribution is -2.01. The first-order chi connectivity index (χ1) is 8.79. The monoisotopic (exact) mass is 278 g/mol. The largest absolute Gasteiger partial charge is 0.370 e. The summed E-state index contributed by atoms with van der Waals surface area (Å²) in [5.74, 6) is 0.911. The van der Waals surface area contributed by atoms with Gasteiger partial charge >= 0.3 is 0 Å². The molecule has 0 unspecified atom stereocenters. The first kappa shape index (κ1) is 13.2. The molecule has 0 aliphatic carbocycles. The maximum Gasteiger partial charge on any atom is 0.127 e. The number of pyridine rings is 1. The van der Waals surface area contributed by atoms with Crippen LogP contribution in [-0.4, -0.2) is 11.5 Å². The van der Waals surface area contributed by atoms with Crippen molar-refractivity contribution in [3.05, 3.63) is 47.6 Å². The molecular formula is C14H15ClN2S. The Balaban J connectivity index is 2.12. The van der Waals surface area contributed by atoms with Gasteiger partial charge in [0.05, 0.1) is 5.02 Å². The Morgan fingerprint density at radius 1 is 1.28 bits per heavy atom. The number of nitrogens with zero attached hydrogens (tertiary/aromatic N) is 1. The van der Waals surface area contributed by atoms with Crippen molar-refractivity contribution >= 4 is 29.2 Å². The highest BCUT2D eigenvalue weighted by Gasteiger charge is 2.03. The van der Waals surface area contributed by atoms with Crippen LogP contribution < -0.4 is 5.32 Å². The van der Waals surface area contributed by atoms with Crippen LogP contribution in [0.5, 0.6) is 0 Å². The van der Waals surface area contributed by atoms with Crippen molar-refractivity contribution < 1.29 is 0 Å². The standard InChI is InChI=1S/C14H15ClN2S/c1-2-8-16-14-10-11(7-9-17-14)18-13-6-4-3-5-12(13)15/h3-7,9-10H,2,8H2,1H3,(H,16,17). The number of benzene rings is 1. The molecule has 94 valence electrons. The van der Waals surface area contributed by atoms with Gasteiger partial charge in [-0.1, -0.05) is 42.4 Å². The highest BCUT2D eigenvalue weighted by atomic mass is 35.5. The second kappa shape index (κ2) is 6.66. The van der Waals surface area contributed by atoms with E-state index in [4.69, 9.17) is 11.6 Å². The average Bonchev–Trinajstić information content (AvgIpc) is 2.40. The van der Waals surface area contributed by atoms with E-state index in [-0.39, 0.29) is 0 Å². The maximum atomic E-state index is 6.15. The van der Waals surface area contributed by atoms with Gasteiger partial charge in [0, 0.05) is 22.5 Å². The van der Waals surface area contributed by atoms with Crippen LogP contribution >= 0.6 is 23.4 Å². The minimum atomic E-state index is 0.780. The molecule has 0 fully saturated rings. The second-order valence-corrected chi connectivity index (χ2v) is 5.36. The molecule has 4 heteroatoms. The van der Waals surface area contributed by atoms with Crippen LogP contribution in [0, 0.1) is 0 Å². The van der Waals surface area contributed by atoms with E-state index in [1.165, 1.54) is 0 Å². The van der Waals surface area contributed by atoms with E-state index in [0.717, 1.165) is 33.6 Å². The summed E-state index contributed by atoms with van der Waals surface area (Å²) < 4.78 is 0. The number of anilines is 1. The molecule has 0 radical (unpaired) electrons. The highest BCUT2D eigenvalue weighted by molar-refractivity contribution is 7.99. The Labute approximate surface area is 117 Å². The van der Waals surface area contributed by atoms with E-state index in [1.807, 2.05) is 42.6 Å². The lowest BCUT2D eigenvalue weighted by molar-refractivity contribution is 0.967. The summed E-state index contributed by atoms with van der Waals surface area (Å²) in [6, 6.07) is 11.9. The number of aromatic nitrogens is 1. The summed E-state index contributed by atoms with van der Waals surface area (Å²) >= 11 is 7.80. The highest BCUT2D eigenvalue weighted by Crippen LogP contribution is 2.33. The topological polar surface area (TPSA) is 24.9 Å². The van der Waals surface area contributed by atoms with Crippen LogP contribution in [0.1, 0.15) is 13.3 Å². The summed E-state index contributed by atoms with van der Waals surface area (Å²) in [6.07, 6.45) is 2.90. The molecule has 0 amide bonds. The van der Waals surface area contributed by atoms with Gasteiger partial charge < -0.3 is 5.32 Å². The first-order valence-electron chi connectivity index (χ1n) is 5.92. The van der Waals surface area contributed by atoms with Gasteiger partial charge in [0.15, 0.2) is 0 Å². The Kier molecular flexibility index (Phi) is 4.90. The molecule has 0 atom stereocenters. The Morgan fingerprint density at radius 2 is 2.11 bits per heavy atom. The van der Waals surface area contributed by atoms with Gasteiger partial charge in [0.2, 0.25) is 0 Å². The molecule has 0 spiro atoms. The molecule has 18 heavy (non-hydrogen) atoms. The van der Waals surface area contributed by atoms with Crippen molar-refractivity contribution in [3.63, 3.8) is 0 Å². The molecule has 0 saturated carbocycles. The Bertz CT molecular complexity index is 517. The van der Waals surface area contributed by atoms with E-state index in [9.17, 15) is 0 Å².